The maximum Gasteiger partial charge on any atom is 0.243 e. The molecule has 0 saturated carbocycles. The minimum absolute atomic E-state index is 0.254. The van der Waals surface area contributed by atoms with Crippen LogP contribution in [0.25, 0.3) is 22.3 Å². The summed E-state index contributed by atoms with van der Waals surface area (Å²) >= 11 is 0. The van der Waals surface area contributed by atoms with Gasteiger partial charge in [-0.1, -0.05) is 12.1 Å². The van der Waals surface area contributed by atoms with Crippen LogP contribution in [0.2, 0.25) is 0 Å². The van der Waals surface area contributed by atoms with E-state index >= 15 is 0 Å². The molecule has 0 fully saturated rings. The Balaban J connectivity index is 1.16. The van der Waals surface area contributed by atoms with Gasteiger partial charge < -0.3 is 19.2 Å². The van der Waals surface area contributed by atoms with Crippen LogP contribution < -0.4 is 14.2 Å². The van der Waals surface area contributed by atoms with E-state index < -0.39 is 10.0 Å². The van der Waals surface area contributed by atoms with E-state index in [1.165, 1.54) is 4.31 Å². The summed E-state index contributed by atoms with van der Waals surface area (Å²) in [6.45, 7) is 5.56. The van der Waals surface area contributed by atoms with E-state index in [-0.39, 0.29) is 11.4 Å². The molecule has 10 nitrogen and oxygen atoms in total. The fraction of sp³-hybridized carbons (Fsp3) is 0.303. The summed E-state index contributed by atoms with van der Waals surface area (Å²) in [6.07, 6.45) is 5.49. The lowest BCUT2D eigenvalue weighted by atomic mass is 10.0. The number of hydrogen-bond donors (Lipinski definition) is 1. The Kier molecular flexibility index (Phi) is 8.49. The molecule has 1 aliphatic rings. The number of hydrogen-bond acceptors (Lipinski definition) is 8. The zero-order valence-electron chi connectivity index (χ0n) is 25.0. The van der Waals surface area contributed by atoms with Crippen molar-refractivity contribution in [3.8, 4) is 28.4 Å². The predicted molar refractivity (Wildman–Crippen MR) is 168 cm³/mol. The minimum Gasteiger partial charge on any atom is -0.497 e. The first-order valence-corrected chi connectivity index (χ1v) is 16.2. The average molecular weight is 614 g/mol. The third-order valence-electron chi connectivity index (χ3n) is 7.70. The van der Waals surface area contributed by atoms with Crippen molar-refractivity contribution in [1.29, 1.82) is 0 Å². The van der Waals surface area contributed by atoms with Gasteiger partial charge in [-0.05, 0) is 79.8 Å². The smallest absolute Gasteiger partial charge is 0.243 e. The molecule has 0 amide bonds. The van der Waals surface area contributed by atoms with Crippen LogP contribution in [0.15, 0.2) is 71.9 Å². The summed E-state index contributed by atoms with van der Waals surface area (Å²) in [5.74, 6) is 2.94. The number of sulfonamides is 1. The maximum absolute atomic E-state index is 13.6. The van der Waals surface area contributed by atoms with Crippen molar-refractivity contribution in [3.05, 3.63) is 89.6 Å². The highest BCUT2D eigenvalue weighted by Crippen LogP contribution is 2.35. The molecule has 0 atom stereocenters. The number of H-pyrrole nitrogens is 1. The highest BCUT2D eigenvalue weighted by atomic mass is 32.2. The highest BCUT2D eigenvalue weighted by molar-refractivity contribution is 7.89. The molecule has 0 aliphatic carbocycles. The van der Waals surface area contributed by atoms with Crippen molar-refractivity contribution in [1.82, 2.24) is 24.2 Å². The lowest BCUT2D eigenvalue weighted by Gasteiger charge is -2.29. The number of aromatic nitrogens is 4. The number of fused-ring (bicyclic) bond motifs is 2. The van der Waals surface area contributed by atoms with Crippen molar-refractivity contribution < 1.29 is 22.6 Å². The molecule has 44 heavy (non-hydrogen) atoms. The van der Waals surface area contributed by atoms with Crippen LogP contribution in [0.5, 0.6) is 17.2 Å². The summed E-state index contributed by atoms with van der Waals surface area (Å²) in [7, 11) is -2.06. The largest absolute Gasteiger partial charge is 0.497 e. The molecule has 1 aliphatic heterocycles. The van der Waals surface area contributed by atoms with Crippen molar-refractivity contribution in [2.45, 2.75) is 44.6 Å². The molecule has 228 valence electrons. The third kappa shape index (κ3) is 6.11. The molecule has 0 radical (unpaired) electrons. The Hall–Kier alpha value is -4.48. The van der Waals surface area contributed by atoms with Crippen LogP contribution in [-0.4, -0.2) is 59.5 Å². The Morgan fingerprint density at radius 3 is 2.36 bits per heavy atom. The summed E-state index contributed by atoms with van der Waals surface area (Å²) in [6, 6.07) is 16.6. The van der Waals surface area contributed by atoms with Gasteiger partial charge in [0.1, 0.15) is 11.6 Å². The second-order valence-corrected chi connectivity index (χ2v) is 12.5. The minimum atomic E-state index is -3.70. The Morgan fingerprint density at radius 1 is 0.886 bits per heavy atom. The molecule has 4 heterocycles. The van der Waals surface area contributed by atoms with Crippen LogP contribution in [0.4, 0.5) is 0 Å². The lowest BCUT2D eigenvalue weighted by Crippen LogP contribution is -2.36. The van der Waals surface area contributed by atoms with Crippen molar-refractivity contribution in [3.63, 3.8) is 0 Å². The summed E-state index contributed by atoms with van der Waals surface area (Å²) in [5, 5.41) is 0. The first-order chi connectivity index (χ1) is 21.4. The van der Waals surface area contributed by atoms with E-state index in [9.17, 15) is 8.42 Å². The molecule has 0 saturated heterocycles. The van der Waals surface area contributed by atoms with Gasteiger partial charge in [-0.25, -0.2) is 18.4 Å². The first-order valence-electron chi connectivity index (χ1n) is 14.7. The number of imidazole rings is 1. The number of methoxy groups -OCH3 is 1. The summed E-state index contributed by atoms with van der Waals surface area (Å²) in [4.78, 5) is 17.2. The number of rotatable bonds is 11. The van der Waals surface area contributed by atoms with Gasteiger partial charge >= 0.3 is 0 Å². The molecule has 1 N–H and O–H groups in total. The number of pyridine rings is 2. The second-order valence-electron chi connectivity index (χ2n) is 10.5. The van der Waals surface area contributed by atoms with E-state index in [1.54, 1.807) is 31.6 Å². The topological polar surface area (TPSA) is 120 Å². The molecule has 0 spiro atoms. The molecule has 5 aromatic rings. The van der Waals surface area contributed by atoms with Gasteiger partial charge in [0.2, 0.25) is 10.0 Å². The first kappa shape index (κ1) is 29.6. The average Bonchev–Trinajstić information content (AvgIpc) is 3.46. The van der Waals surface area contributed by atoms with Gasteiger partial charge in [0.25, 0.3) is 0 Å². The van der Waals surface area contributed by atoms with Gasteiger partial charge in [0.15, 0.2) is 17.1 Å². The fourth-order valence-electron chi connectivity index (χ4n) is 5.44. The van der Waals surface area contributed by atoms with Gasteiger partial charge in [-0.15, -0.1) is 0 Å². The van der Waals surface area contributed by atoms with Crippen molar-refractivity contribution >= 4 is 21.2 Å². The van der Waals surface area contributed by atoms with Crippen LogP contribution >= 0.6 is 0 Å². The normalized spacial score (nSPS) is 13.5. The quantitative estimate of drug-likeness (QED) is 0.212. The molecular weight excluding hydrogens is 578 g/mol. The van der Waals surface area contributed by atoms with Crippen LogP contribution in [0.1, 0.15) is 36.5 Å². The van der Waals surface area contributed by atoms with Gasteiger partial charge in [-0.2, -0.15) is 4.31 Å². The molecule has 3 aromatic heterocycles. The molecule has 11 heteroatoms. The second kappa shape index (κ2) is 12.6. The Morgan fingerprint density at radius 2 is 1.64 bits per heavy atom. The van der Waals surface area contributed by atoms with E-state index in [4.69, 9.17) is 14.2 Å². The van der Waals surface area contributed by atoms with Gasteiger partial charge in [0, 0.05) is 49.2 Å². The number of nitrogens with one attached hydrogen (secondary N) is 1. The lowest BCUT2D eigenvalue weighted by molar-refractivity contribution is 0.285. The van der Waals surface area contributed by atoms with Crippen LogP contribution in [-0.2, 0) is 35.8 Å². The van der Waals surface area contributed by atoms with E-state index in [1.807, 2.05) is 56.3 Å². The van der Waals surface area contributed by atoms with Crippen LogP contribution in [0.3, 0.4) is 0 Å². The SMILES string of the molecule is CCOc1cc2c(cc1OCC)CN(S(=O)(=O)c1ccc(-c3cnc4nc(CCc5cc(OC)ccn5)[nH]c4c3)cc1)CC2. The van der Waals surface area contributed by atoms with Gasteiger partial charge in [-0.3, -0.25) is 4.98 Å². The van der Waals surface area contributed by atoms with E-state index in [0.717, 1.165) is 45.0 Å². The molecular formula is C33H35N5O5S. The Labute approximate surface area is 257 Å². The highest BCUT2D eigenvalue weighted by Gasteiger charge is 2.29. The number of ether oxygens (including phenoxy) is 3. The van der Waals surface area contributed by atoms with Crippen molar-refractivity contribution in [2.24, 2.45) is 0 Å². The molecule has 2 aromatic carbocycles. The number of nitrogens with zero attached hydrogens (tertiary/aromatic N) is 4. The monoisotopic (exact) mass is 613 g/mol. The summed E-state index contributed by atoms with van der Waals surface area (Å²) in [5.41, 5.74) is 6.12. The molecule has 0 bridgehead atoms. The van der Waals surface area contributed by atoms with Crippen molar-refractivity contribution in [2.75, 3.05) is 26.9 Å². The zero-order chi connectivity index (χ0) is 30.7. The zero-order valence-corrected chi connectivity index (χ0v) is 25.9. The van der Waals surface area contributed by atoms with E-state index in [0.29, 0.717) is 56.2 Å². The molecule has 6 rings (SSSR count). The predicted octanol–water partition coefficient (Wildman–Crippen LogP) is 5.36. The molecule has 0 unspecified atom stereocenters. The standard InChI is InChI=1S/C33H35N5O5S/c1-4-42-30-17-23-13-15-38(21-25(23)18-31(30)43-5-2)44(39,40)28-9-6-22(7-10-28)24-16-29-33(35-20-24)37-32(36-29)11-8-26-19-27(41-3)12-14-34-26/h6-7,9-10,12,14,16-20H,4-5,8,11,13,15,21H2,1-3H3,(H,35,36,37). The number of aromatic amines is 1. The van der Waals surface area contributed by atoms with Gasteiger partial charge in [0.05, 0.1) is 30.7 Å². The number of aryl methyl sites for hydroxylation is 2. The summed E-state index contributed by atoms with van der Waals surface area (Å²) < 4.78 is 45.6. The fourth-order valence-corrected chi connectivity index (χ4v) is 6.86. The maximum atomic E-state index is 13.6. The Bertz CT molecular complexity index is 1890. The van der Waals surface area contributed by atoms with Crippen LogP contribution in [0, 0.1) is 0 Å². The number of benzene rings is 2. The third-order valence-corrected chi connectivity index (χ3v) is 9.56. The van der Waals surface area contributed by atoms with E-state index in [2.05, 4.69) is 19.9 Å².